The number of hydrogen-bond acceptors (Lipinski definition) is 2. The topological polar surface area (TPSA) is 26.3 Å². The summed E-state index contributed by atoms with van der Waals surface area (Å²) in [5.74, 6) is -0.257. The zero-order valence-corrected chi connectivity index (χ0v) is 5.39. The molecular formula is C6H13AlO2. The van der Waals surface area contributed by atoms with Gasteiger partial charge in [-0.15, -0.1) is 0 Å². The van der Waals surface area contributed by atoms with Gasteiger partial charge in [-0.1, -0.05) is 6.08 Å². The highest BCUT2D eigenvalue weighted by molar-refractivity contribution is 5.87. The van der Waals surface area contributed by atoms with Gasteiger partial charge in [0, 0.05) is 5.57 Å². The number of ether oxygens (including phenoxy) is 1. The second-order valence-electron chi connectivity index (χ2n) is 1.46. The number of esters is 1. The molecule has 0 aliphatic carbocycles. The molecule has 0 saturated carbocycles. The second-order valence-corrected chi connectivity index (χ2v) is 1.46. The first kappa shape index (κ1) is 11.5. The maximum atomic E-state index is 10.5. The predicted molar refractivity (Wildman–Crippen MR) is 41.4 cm³/mol. The standard InChI is InChI=1S/C6H10O2.Al.3H/c1-4-5(2)6(7)8-3;;;;/h4H,1-3H3;;;;. The molecule has 0 aromatic carbocycles. The summed E-state index contributed by atoms with van der Waals surface area (Å²) in [5.41, 5.74) is 0.646. The molecule has 0 unspecified atom stereocenters. The van der Waals surface area contributed by atoms with Gasteiger partial charge in [-0.05, 0) is 13.8 Å². The van der Waals surface area contributed by atoms with Crippen LogP contribution in [0.4, 0.5) is 0 Å². The van der Waals surface area contributed by atoms with Crippen LogP contribution in [0.15, 0.2) is 11.6 Å². The average molecular weight is 144 g/mol. The molecule has 0 aliphatic heterocycles. The molecule has 0 radical (unpaired) electrons. The Labute approximate surface area is 66.0 Å². The van der Waals surface area contributed by atoms with Gasteiger partial charge in [0.15, 0.2) is 17.4 Å². The van der Waals surface area contributed by atoms with E-state index in [0.29, 0.717) is 5.57 Å². The molecule has 0 amide bonds. The van der Waals surface area contributed by atoms with Gasteiger partial charge in [0.1, 0.15) is 0 Å². The molecule has 3 heteroatoms. The van der Waals surface area contributed by atoms with Crippen LogP contribution in [0, 0.1) is 0 Å². The van der Waals surface area contributed by atoms with Crippen LogP contribution in [-0.4, -0.2) is 30.4 Å². The van der Waals surface area contributed by atoms with Crippen molar-refractivity contribution < 1.29 is 9.53 Å². The fraction of sp³-hybridized carbons (Fsp3) is 0.500. The van der Waals surface area contributed by atoms with Crippen molar-refractivity contribution in [1.29, 1.82) is 0 Å². The number of allylic oxidation sites excluding steroid dienone is 1. The normalized spacial score (nSPS) is 9.89. The zero-order valence-electron chi connectivity index (χ0n) is 5.39. The number of methoxy groups -OCH3 is 1. The van der Waals surface area contributed by atoms with Crippen molar-refractivity contribution in [3.05, 3.63) is 11.6 Å². The van der Waals surface area contributed by atoms with Gasteiger partial charge in [-0.3, -0.25) is 0 Å². The molecule has 0 saturated heterocycles. The van der Waals surface area contributed by atoms with Crippen LogP contribution in [0.3, 0.4) is 0 Å². The summed E-state index contributed by atoms with van der Waals surface area (Å²) in [7, 11) is 1.37. The van der Waals surface area contributed by atoms with Gasteiger partial charge in [-0.2, -0.15) is 0 Å². The van der Waals surface area contributed by atoms with E-state index in [-0.39, 0.29) is 23.3 Å². The van der Waals surface area contributed by atoms with Gasteiger partial charge >= 0.3 is 5.97 Å². The van der Waals surface area contributed by atoms with E-state index in [1.807, 2.05) is 0 Å². The molecule has 0 rings (SSSR count). The summed E-state index contributed by atoms with van der Waals surface area (Å²) in [6.07, 6.45) is 1.71. The third-order valence-corrected chi connectivity index (χ3v) is 0.940. The summed E-state index contributed by atoms with van der Waals surface area (Å²) < 4.78 is 4.40. The quantitative estimate of drug-likeness (QED) is 0.293. The Balaban J connectivity index is 0. The average Bonchev–Trinajstić information content (AvgIpc) is 1.84. The molecule has 0 fully saturated rings. The van der Waals surface area contributed by atoms with Crippen molar-refractivity contribution in [2.75, 3.05) is 7.11 Å². The Morgan fingerprint density at radius 1 is 1.56 bits per heavy atom. The molecule has 0 aromatic heterocycles. The van der Waals surface area contributed by atoms with E-state index >= 15 is 0 Å². The van der Waals surface area contributed by atoms with E-state index in [0.717, 1.165) is 0 Å². The lowest BCUT2D eigenvalue weighted by Gasteiger charge is -1.93. The Morgan fingerprint density at radius 3 is 2.11 bits per heavy atom. The lowest BCUT2D eigenvalue weighted by Crippen LogP contribution is -2.00. The van der Waals surface area contributed by atoms with E-state index in [9.17, 15) is 4.79 Å². The highest BCUT2D eigenvalue weighted by Gasteiger charge is 1.98. The summed E-state index contributed by atoms with van der Waals surface area (Å²) >= 11 is 0. The molecular weight excluding hydrogens is 131 g/mol. The third-order valence-electron chi connectivity index (χ3n) is 0.940. The fourth-order valence-electron chi connectivity index (χ4n) is 0.279. The van der Waals surface area contributed by atoms with Crippen molar-refractivity contribution in [3.63, 3.8) is 0 Å². The van der Waals surface area contributed by atoms with E-state index in [1.54, 1.807) is 19.9 Å². The van der Waals surface area contributed by atoms with Crippen LogP contribution in [0.5, 0.6) is 0 Å². The number of carbonyl (C=O) groups excluding carboxylic acids is 1. The van der Waals surface area contributed by atoms with Crippen molar-refractivity contribution in [2.45, 2.75) is 13.8 Å². The minimum Gasteiger partial charge on any atom is -0.466 e. The molecule has 0 atom stereocenters. The zero-order chi connectivity index (χ0) is 6.57. The molecule has 0 heterocycles. The highest BCUT2D eigenvalue weighted by Crippen LogP contribution is 1.92. The summed E-state index contributed by atoms with van der Waals surface area (Å²) in [5, 5.41) is 0. The van der Waals surface area contributed by atoms with Gasteiger partial charge in [0.05, 0.1) is 7.11 Å². The molecule has 0 aliphatic rings. The monoisotopic (exact) mass is 144 g/mol. The lowest BCUT2D eigenvalue weighted by atomic mass is 10.3. The maximum Gasteiger partial charge on any atom is 0.333 e. The molecule has 52 valence electrons. The van der Waals surface area contributed by atoms with Crippen molar-refractivity contribution >= 4 is 23.3 Å². The SMILES string of the molecule is CC=C(C)C(=O)OC.[AlH3]. The van der Waals surface area contributed by atoms with Crippen LogP contribution in [0.25, 0.3) is 0 Å². The summed E-state index contributed by atoms with van der Waals surface area (Å²) in [6, 6.07) is 0. The van der Waals surface area contributed by atoms with Gasteiger partial charge in [0.25, 0.3) is 0 Å². The van der Waals surface area contributed by atoms with Gasteiger partial charge in [0.2, 0.25) is 0 Å². The smallest absolute Gasteiger partial charge is 0.333 e. The highest BCUT2D eigenvalue weighted by atomic mass is 27.0. The van der Waals surface area contributed by atoms with Gasteiger partial charge in [-0.25, -0.2) is 4.79 Å². The van der Waals surface area contributed by atoms with Crippen LogP contribution in [-0.2, 0) is 9.53 Å². The minimum absolute atomic E-state index is 0. The summed E-state index contributed by atoms with van der Waals surface area (Å²) in [6.45, 7) is 3.51. The summed E-state index contributed by atoms with van der Waals surface area (Å²) in [4.78, 5) is 10.5. The molecule has 0 spiro atoms. The van der Waals surface area contributed by atoms with Crippen molar-refractivity contribution in [1.82, 2.24) is 0 Å². The van der Waals surface area contributed by atoms with Crippen molar-refractivity contribution in [3.8, 4) is 0 Å². The Kier molecular flexibility index (Phi) is 7.52. The molecule has 2 nitrogen and oxygen atoms in total. The Bertz CT molecular complexity index is 118. The third kappa shape index (κ3) is 4.26. The first-order chi connectivity index (χ1) is 3.72. The molecule has 9 heavy (non-hydrogen) atoms. The number of rotatable bonds is 1. The maximum absolute atomic E-state index is 10.5. The van der Waals surface area contributed by atoms with Crippen LogP contribution in [0.1, 0.15) is 13.8 Å². The fourth-order valence-corrected chi connectivity index (χ4v) is 0.279. The molecule has 0 aromatic rings. The number of hydrogen-bond donors (Lipinski definition) is 0. The first-order valence-electron chi connectivity index (χ1n) is 2.43. The van der Waals surface area contributed by atoms with Gasteiger partial charge < -0.3 is 4.74 Å². The van der Waals surface area contributed by atoms with E-state index < -0.39 is 0 Å². The minimum atomic E-state index is -0.257. The lowest BCUT2D eigenvalue weighted by molar-refractivity contribution is -0.136. The van der Waals surface area contributed by atoms with Crippen LogP contribution in [0.2, 0.25) is 0 Å². The van der Waals surface area contributed by atoms with E-state index in [1.165, 1.54) is 7.11 Å². The molecule has 0 bridgehead atoms. The van der Waals surface area contributed by atoms with Crippen molar-refractivity contribution in [2.24, 2.45) is 0 Å². The van der Waals surface area contributed by atoms with E-state index in [4.69, 9.17) is 0 Å². The van der Waals surface area contributed by atoms with E-state index in [2.05, 4.69) is 4.74 Å². The van der Waals surface area contributed by atoms with Crippen LogP contribution >= 0.6 is 0 Å². The first-order valence-corrected chi connectivity index (χ1v) is 2.43. The Morgan fingerprint density at radius 2 is 2.00 bits per heavy atom. The Hall–Kier alpha value is -0.258. The second kappa shape index (κ2) is 5.87. The predicted octanol–water partition coefficient (Wildman–Crippen LogP) is -0.0583. The van der Waals surface area contributed by atoms with Crippen LogP contribution < -0.4 is 0 Å². The largest absolute Gasteiger partial charge is 0.466 e. The number of carbonyl (C=O) groups is 1. The molecule has 0 N–H and O–H groups in total.